The number of benzene rings is 1. The summed E-state index contributed by atoms with van der Waals surface area (Å²) >= 11 is 0. The molecule has 0 aliphatic carbocycles. The Morgan fingerprint density at radius 3 is 2.38 bits per heavy atom. The van der Waals surface area contributed by atoms with Crippen molar-refractivity contribution in [3.63, 3.8) is 0 Å². The maximum Gasteiger partial charge on any atom is 0.221 e. The second-order valence-corrected chi connectivity index (χ2v) is 2.96. The zero-order valence-corrected chi connectivity index (χ0v) is 8.33. The van der Waals surface area contributed by atoms with Crippen LogP contribution in [0.3, 0.4) is 0 Å². The third kappa shape index (κ3) is 2.94. The van der Waals surface area contributed by atoms with Crippen LogP contribution in [0.5, 0.6) is 0 Å². The fourth-order valence-electron chi connectivity index (χ4n) is 1.12. The molecule has 1 N–H and O–H groups in total. The van der Waals surface area contributed by atoms with E-state index in [9.17, 15) is 18.5 Å². The van der Waals surface area contributed by atoms with E-state index < -0.39 is 17.5 Å². The molecule has 0 aromatic heterocycles. The quantitative estimate of drug-likeness (QED) is 0.805. The maximum atomic E-state index is 13.3. The third-order valence-electron chi connectivity index (χ3n) is 1.70. The minimum atomic E-state index is -0.886. The van der Waals surface area contributed by atoms with Crippen molar-refractivity contribution in [2.45, 2.75) is 6.92 Å². The van der Waals surface area contributed by atoms with Crippen molar-refractivity contribution < 1.29 is 13.6 Å². The number of anilines is 1. The van der Waals surface area contributed by atoms with Crippen molar-refractivity contribution in [2.75, 3.05) is 5.32 Å². The Labute approximate surface area is 89.9 Å². The van der Waals surface area contributed by atoms with Gasteiger partial charge in [0.1, 0.15) is 11.6 Å². The van der Waals surface area contributed by atoms with Gasteiger partial charge in [0.15, 0.2) is 0 Å². The van der Waals surface area contributed by atoms with E-state index in [1.165, 1.54) is 6.92 Å². The van der Waals surface area contributed by atoms with E-state index in [0.717, 1.165) is 24.4 Å². The monoisotopic (exact) mass is 226 g/mol. The van der Waals surface area contributed by atoms with Crippen molar-refractivity contribution in [2.24, 2.45) is 5.18 Å². The van der Waals surface area contributed by atoms with Gasteiger partial charge < -0.3 is 5.32 Å². The lowest BCUT2D eigenvalue weighted by Gasteiger charge is -2.05. The van der Waals surface area contributed by atoms with Gasteiger partial charge in [-0.3, -0.25) is 4.79 Å². The maximum absolute atomic E-state index is 13.3. The first-order valence-electron chi connectivity index (χ1n) is 4.30. The predicted octanol–water partition coefficient (Wildman–Crippen LogP) is 2.66. The van der Waals surface area contributed by atoms with Gasteiger partial charge in [0.2, 0.25) is 5.91 Å². The summed E-state index contributed by atoms with van der Waals surface area (Å²) in [6.07, 6.45) is 1.65. The lowest BCUT2D eigenvalue weighted by molar-refractivity contribution is -0.114. The molecule has 0 saturated heterocycles. The standard InChI is InChI=1S/C10H8F2N2O2/c1-6(15)14-7-4-9(11)8(2-3-13-16)10(12)5-7/h2-5H,1H3,(H,14,15)/b3-2+. The zero-order valence-electron chi connectivity index (χ0n) is 8.33. The van der Waals surface area contributed by atoms with Gasteiger partial charge in [0.05, 0.1) is 6.20 Å². The van der Waals surface area contributed by atoms with E-state index in [0.29, 0.717) is 0 Å². The number of nitroso groups, excluding NO2 is 1. The highest BCUT2D eigenvalue weighted by molar-refractivity contribution is 5.88. The molecule has 0 saturated carbocycles. The summed E-state index contributed by atoms with van der Waals surface area (Å²) in [5.41, 5.74) is -0.368. The van der Waals surface area contributed by atoms with E-state index in [4.69, 9.17) is 0 Å². The molecule has 0 spiro atoms. The van der Waals surface area contributed by atoms with E-state index in [-0.39, 0.29) is 11.3 Å². The van der Waals surface area contributed by atoms with Gasteiger partial charge in [0.25, 0.3) is 0 Å². The number of halogens is 2. The van der Waals surface area contributed by atoms with Crippen LogP contribution in [-0.4, -0.2) is 5.91 Å². The highest BCUT2D eigenvalue weighted by Gasteiger charge is 2.09. The number of carbonyl (C=O) groups is 1. The Morgan fingerprint density at radius 1 is 1.38 bits per heavy atom. The number of rotatable bonds is 3. The predicted molar refractivity (Wildman–Crippen MR) is 55.5 cm³/mol. The topological polar surface area (TPSA) is 58.5 Å². The summed E-state index contributed by atoms with van der Waals surface area (Å²) in [7, 11) is 0. The molecule has 1 rings (SSSR count). The Kier molecular flexibility index (Phi) is 3.82. The molecule has 1 aromatic carbocycles. The number of carbonyl (C=O) groups excluding carboxylic acids is 1. The normalized spacial score (nSPS) is 10.4. The Bertz CT molecular complexity index is 435. The van der Waals surface area contributed by atoms with E-state index in [1.807, 2.05) is 0 Å². The minimum Gasteiger partial charge on any atom is -0.326 e. The number of nitrogens with one attached hydrogen (secondary N) is 1. The Hall–Kier alpha value is -2.11. The molecule has 1 amide bonds. The van der Waals surface area contributed by atoms with E-state index in [1.54, 1.807) is 0 Å². The minimum absolute atomic E-state index is 0.0127. The van der Waals surface area contributed by atoms with Crippen molar-refractivity contribution in [3.8, 4) is 0 Å². The van der Waals surface area contributed by atoms with Crippen LogP contribution in [-0.2, 0) is 4.79 Å². The second-order valence-electron chi connectivity index (χ2n) is 2.96. The van der Waals surface area contributed by atoms with Crippen molar-refractivity contribution in [1.29, 1.82) is 0 Å². The van der Waals surface area contributed by atoms with Crippen LogP contribution in [0.25, 0.3) is 6.08 Å². The molecule has 6 heteroatoms. The molecular weight excluding hydrogens is 218 g/mol. The first-order valence-corrected chi connectivity index (χ1v) is 4.30. The molecule has 1 aromatic rings. The number of nitrogens with zero attached hydrogens (tertiary/aromatic N) is 1. The van der Waals surface area contributed by atoms with Crippen molar-refractivity contribution in [1.82, 2.24) is 0 Å². The van der Waals surface area contributed by atoms with Crippen LogP contribution < -0.4 is 5.32 Å². The summed E-state index contributed by atoms with van der Waals surface area (Å²) in [5.74, 6) is -2.20. The molecule has 84 valence electrons. The molecule has 0 radical (unpaired) electrons. The fraction of sp³-hybridized carbons (Fsp3) is 0.100. The molecule has 0 bridgehead atoms. The summed E-state index contributed by atoms with van der Waals surface area (Å²) in [6.45, 7) is 1.22. The zero-order chi connectivity index (χ0) is 12.1. The number of hydrogen-bond acceptors (Lipinski definition) is 3. The van der Waals surface area contributed by atoms with Gasteiger partial charge in [-0.25, -0.2) is 8.78 Å². The molecule has 0 atom stereocenters. The number of hydrogen-bond donors (Lipinski definition) is 1. The van der Waals surface area contributed by atoms with Crippen molar-refractivity contribution in [3.05, 3.63) is 40.4 Å². The van der Waals surface area contributed by atoms with E-state index >= 15 is 0 Å². The highest BCUT2D eigenvalue weighted by Crippen LogP contribution is 2.20. The summed E-state index contributed by atoms with van der Waals surface area (Å²) < 4.78 is 26.6. The van der Waals surface area contributed by atoms with Gasteiger partial charge in [-0.1, -0.05) is 0 Å². The molecule has 0 heterocycles. The lowest BCUT2D eigenvalue weighted by atomic mass is 10.1. The van der Waals surface area contributed by atoms with Crippen LogP contribution in [0, 0.1) is 16.5 Å². The van der Waals surface area contributed by atoms with Crippen LogP contribution >= 0.6 is 0 Å². The lowest BCUT2D eigenvalue weighted by Crippen LogP contribution is -2.07. The summed E-state index contributed by atoms with van der Waals surface area (Å²) in [6, 6.07) is 1.91. The summed E-state index contributed by atoms with van der Waals surface area (Å²) in [4.78, 5) is 20.4. The van der Waals surface area contributed by atoms with Crippen molar-refractivity contribution >= 4 is 17.7 Å². The van der Waals surface area contributed by atoms with Crippen LogP contribution in [0.2, 0.25) is 0 Å². The molecule has 4 nitrogen and oxygen atoms in total. The molecular formula is C10H8F2N2O2. The first kappa shape index (κ1) is 12.0. The van der Waals surface area contributed by atoms with Crippen LogP contribution in [0.4, 0.5) is 14.5 Å². The van der Waals surface area contributed by atoms with Gasteiger partial charge >= 0.3 is 0 Å². The molecule has 0 unspecified atom stereocenters. The molecule has 0 fully saturated rings. The summed E-state index contributed by atoms with van der Waals surface area (Å²) in [5, 5.41) is 4.59. The smallest absolute Gasteiger partial charge is 0.221 e. The average molecular weight is 226 g/mol. The molecule has 16 heavy (non-hydrogen) atoms. The van der Waals surface area contributed by atoms with Gasteiger partial charge in [-0.15, -0.1) is 4.91 Å². The largest absolute Gasteiger partial charge is 0.326 e. The average Bonchev–Trinajstić information content (AvgIpc) is 2.15. The highest BCUT2D eigenvalue weighted by atomic mass is 19.1. The van der Waals surface area contributed by atoms with Crippen LogP contribution in [0.1, 0.15) is 12.5 Å². The fourth-order valence-corrected chi connectivity index (χ4v) is 1.12. The van der Waals surface area contributed by atoms with Gasteiger partial charge in [-0.2, -0.15) is 0 Å². The van der Waals surface area contributed by atoms with Gasteiger partial charge in [-0.05, 0) is 23.4 Å². The SMILES string of the molecule is CC(=O)Nc1cc(F)c(/C=C/N=O)c(F)c1. The van der Waals surface area contributed by atoms with Gasteiger partial charge in [0, 0.05) is 18.2 Å². The Balaban J connectivity index is 3.11. The Morgan fingerprint density at radius 2 is 1.94 bits per heavy atom. The van der Waals surface area contributed by atoms with E-state index in [2.05, 4.69) is 10.5 Å². The third-order valence-corrected chi connectivity index (χ3v) is 1.70. The second kappa shape index (κ2) is 5.11. The first-order chi connectivity index (χ1) is 7.54. The van der Waals surface area contributed by atoms with Crippen LogP contribution in [0.15, 0.2) is 23.5 Å². The molecule has 0 aliphatic rings. The molecule has 0 aliphatic heterocycles. The number of amides is 1.